The molecule has 0 saturated carbocycles. The van der Waals surface area contributed by atoms with Crippen LogP contribution < -0.4 is 0 Å². The highest BCUT2D eigenvalue weighted by Gasteiger charge is 2.42. The minimum atomic E-state index is -0.543. The van der Waals surface area contributed by atoms with Gasteiger partial charge in [-0.3, -0.25) is 4.79 Å². The van der Waals surface area contributed by atoms with Gasteiger partial charge in [0.05, 0.1) is 5.41 Å². The standard InChI is InChI=1S/C19H38O2/c1-5-9-11-12-13-14-17(8-4)19(15-7-3,18(20)21)16-10-6-2/h17H,5-16H2,1-4H3,(H,20,21). The van der Waals surface area contributed by atoms with E-state index in [-0.39, 0.29) is 0 Å². The van der Waals surface area contributed by atoms with Crippen LogP contribution in [0.1, 0.15) is 105 Å². The molecule has 21 heavy (non-hydrogen) atoms. The summed E-state index contributed by atoms with van der Waals surface area (Å²) in [7, 11) is 0. The number of aliphatic carboxylic acids is 1. The largest absolute Gasteiger partial charge is 0.481 e. The molecule has 2 atom stereocenters. The van der Waals surface area contributed by atoms with Crippen LogP contribution >= 0.6 is 0 Å². The van der Waals surface area contributed by atoms with E-state index in [1.165, 1.54) is 32.1 Å². The number of unbranched alkanes of at least 4 members (excludes halogenated alkanes) is 5. The van der Waals surface area contributed by atoms with Gasteiger partial charge in [0.2, 0.25) is 0 Å². The molecule has 0 aromatic rings. The molecule has 0 bridgehead atoms. The molecule has 0 aromatic heterocycles. The number of carboxylic acid groups (broad SMARTS) is 1. The Hall–Kier alpha value is -0.530. The fourth-order valence-corrected chi connectivity index (χ4v) is 3.73. The molecule has 0 fully saturated rings. The summed E-state index contributed by atoms with van der Waals surface area (Å²) in [5.74, 6) is -0.193. The van der Waals surface area contributed by atoms with Crippen molar-refractivity contribution in [1.82, 2.24) is 0 Å². The summed E-state index contributed by atoms with van der Waals surface area (Å²) in [5, 5.41) is 9.92. The third-order valence-electron chi connectivity index (χ3n) is 5.03. The zero-order chi connectivity index (χ0) is 16.1. The Labute approximate surface area is 132 Å². The smallest absolute Gasteiger partial charge is 0.309 e. The Balaban J connectivity index is 4.75. The van der Waals surface area contributed by atoms with E-state index < -0.39 is 11.4 Å². The molecule has 0 aliphatic heterocycles. The van der Waals surface area contributed by atoms with Gasteiger partial charge in [-0.25, -0.2) is 0 Å². The first kappa shape index (κ1) is 20.5. The van der Waals surface area contributed by atoms with Crippen LogP contribution in [-0.4, -0.2) is 11.1 Å². The zero-order valence-corrected chi connectivity index (χ0v) is 14.9. The second-order valence-corrected chi connectivity index (χ2v) is 6.62. The van der Waals surface area contributed by atoms with E-state index in [0.29, 0.717) is 5.92 Å². The van der Waals surface area contributed by atoms with Crippen molar-refractivity contribution < 1.29 is 9.90 Å². The summed E-state index contributed by atoms with van der Waals surface area (Å²) in [6.07, 6.45) is 13.2. The number of carboxylic acids is 1. The van der Waals surface area contributed by atoms with Crippen LogP contribution in [0, 0.1) is 11.3 Å². The second-order valence-electron chi connectivity index (χ2n) is 6.62. The minimum Gasteiger partial charge on any atom is -0.481 e. The van der Waals surface area contributed by atoms with Gasteiger partial charge >= 0.3 is 5.97 Å². The summed E-state index contributed by atoms with van der Waals surface area (Å²) in [5.41, 5.74) is -0.468. The predicted molar refractivity (Wildman–Crippen MR) is 91.7 cm³/mol. The van der Waals surface area contributed by atoms with Gasteiger partial charge in [-0.1, -0.05) is 85.5 Å². The van der Waals surface area contributed by atoms with Crippen molar-refractivity contribution in [3.05, 3.63) is 0 Å². The van der Waals surface area contributed by atoms with Crippen LogP contribution in [-0.2, 0) is 4.79 Å². The van der Waals surface area contributed by atoms with Gasteiger partial charge in [0.1, 0.15) is 0 Å². The average molecular weight is 299 g/mol. The monoisotopic (exact) mass is 298 g/mol. The average Bonchev–Trinajstić information content (AvgIpc) is 2.47. The first-order valence-electron chi connectivity index (χ1n) is 9.32. The van der Waals surface area contributed by atoms with Crippen LogP contribution in [0.25, 0.3) is 0 Å². The fraction of sp³-hybridized carbons (Fsp3) is 0.947. The van der Waals surface area contributed by atoms with Crippen LogP contribution in [0.2, 0.25) is 0 Å². The SMILES string of the molecule is CCCCCCCC(CC)C(CCC)(CCCC)C(=O)O. The van der Waals surface area contributed by atoms with Crippen molar-refractivity contribution in [1.29, 1.82) is 0 Å². The zero-order valence-electron chi connectivity index (χ0n) is 14.9. The highest BCUT2D eigenvalue weighted by Crippen LogP contribution is 2.43. The lowest BCUT2D eigenvalue weighted by atomic mass is 9.66. The van der Waals surface area contributed by atoms with Gasteiger partial charge in [0.25, 0.3) is 0 Å². The normalized spacial score (nSPS) is 15.6. The highest BCUT2D eigenvalue weighted by molar-refractivity contribution is 5.75. The first-order valence-corrected chi connectivity index (χ1v) is 9.32. The van der Waals surface area contributed by atoms with E-state index in [4.69, 9.17) is 0 Å². The lowest BCUT2D eigenvalue weighted by molar-refractivity contribution is -0.154. The van der Waals surface area contributed by atoms with Crippen LogP contribution in [0.5, 0.6) is 0 Å². The Morgan fingerprint density at radius 2 is 1.48 bits per heavy atom. The van der Waals surface area contributed by atoms with E-state index in [1.807, 2.05) is 0 Å². The van der Waals surface area contributed by atoms with E-state index in [0.717, 1.165) is 44.9 Å². The number of rotatable bonds is 14. The molecule has 0 spiro atoms. The van der Waals surface area contributed by atoms with Crippen molar-refractivity contribution in [2.45, 2.75) is 105 Å². The first-order chi connectivity index (χ1) is 10.1. The Kier molecular flexibility index (Phi) is 11.8. The van der Waals surface area contributed by atoms with Gasteiger partial charge in [-0.15, -0.1) is 0 Å². The molecule has 2 nitrogen and oxygen atoms in total. The maximum absolute atomic E-state index is 12.1. The van der Waals surface area contributed by atoms with E-state index >= 15 is 0 Å². The summed E-state index contributed by atoms with van der Waals surface area (Å²) in [6.45, 7) is 8.69. The molecule has 0 aliphatic carbocycles. The van der Waals surface area contributed by atoms with Gasteiger partial charge < -0.3 is 5.11 Å². The Morgan fingerprint density at radius 1 is 0.857 bits per heavy atom. The molecule has 2 unspecified atom stereocenters. The summed E-state index contributed by atoms with van der Waals surface area (Å²) < 4.78 is 0. The molecule has 0 aliphatic rings. The molecule has 0 rings (SSSR count). The molecular weight excluding hydrogens is 260 g/mol. The molecule has 0 saturated heterocycles. The third kappa shape index (κ3) is 6.84. The molecule has 126 valence electrons. The summed E-state index contributed by atoms with van der Waals surface area (Å²) in [6, 6.07) is 0. The molecule has 0 heterocycles. The summed E-state index contributed by atoms with van der Waals surface area (Å²) in [4.78, 5) is 12.1. The van der Waals surface area contributed by atoms with Crippen molar-refractivity contribution in [3.8, 4) is 0 Å². The van der Waals surface area contributed by atoms with Crippen LogP contribution in [0.15, 0.2) is 0 Å². The maximum Gasteiger partial charge on any atom is 0.309 e. The van der Waals surface area contributed by atoms with Gasteiger partial charge in [0.15, 0.2) is 0 Å². The maximum atomic E-state index is 12.1. The number of carbonyl (C=O) groups is 1. The quantitative estimate of drug-likeness (QED) is 0.375. The Bertz CT molecular complexity index is 262. The molecular formula is C19H38O2. The van der Waals surface area contributed by atoms with E-state index in [9.17, 15) is 9.90 Å². The third-order valence-corrected chi connectivity index (χ3v) is 5.03. The highest BCUT2D eigenvalue weighted by atomic mass is 16.4. The number of hydrogen-bond acceptors (Lipinski definition) is 1. The fourth-order valence-electron chi connectivity index (χ4n) is 3.73. The molecule has 0 radical (unpaired) electrons. The van der Waals surface area contributed by atoms with E-state index in [2.05, 4.69) is 27.7 Å². The predicted octanol–water partition coefficient (Wildman–Crippen LogP) is 6.43. The molecule has 2 heteroatoms. The number of hydrogen-bond donors (Lipinski definition) is 1. The van der Waals surface area contributed by atoms with Crippen molar-refractivity contribution in [3.63, 3.8) is 0 Å². The van der Waals surface area contributed by atoms with Crippen molar-refractivity contribution in [2.75, 3.05) is 0 Å². The summed E-state index contributed by atoms with van der Waals surface area (Å²) >= 11 is 0. The van der Waals surface area contributed by atoms with Crippen LogP contribution in [0.3, 0.4) is 0 Å². The van der Waals surface area contributed by atoms with Crippen molar-refractivity contribution >= 4 is 5.97 Å². The molecule has 0 aromatic carbocycles. The van der Waals surface area contributed by atoms with Crippen molar-refractivity contribution in [2.24, 2.45) is 11.3 Å². The van der Waals surface area contributed by atoms with Gasteiger partial charge in [-0.2, -0.15) is 0 Å². The van der Waals surface area contributed by atoms with E-state index in [1.54, 1.807) is 0 Å². The second kappa shape index (κ2) is 12.1. The molecule has 1 N–H and O–H groups in total. The minimum absolute atomic E-state index is 0.350. The van der Waals surface area contributed by atoms with Gasteiger partial charge in [0, 0.05) is 0 Å². The van der Waals surface area contributed by atoms with Crippen LogP contribution in [0.4, 0.5) is 0 Å². The molecule has 0 amide bonds. The lowest BCUT2D eigenvalue weighted by Gasteiger charge is -2.37. The van der Waals surface area contributed by atoms with Gasteiger partial charge in [-0.05, 0) is 25.2 Å². The Morgan fingerprint density at radius 3 is 1.95 bits per heavy atom. The topological polar surface area (TPSA) is 37.3 Å². The lowest BCUT2D eigenvalue weighted by Crippen LogP contribution is -2.38.